The van der Waals surface area contributed by atoms with Gasteiger partial charge in [0.15, 0.2) is 0 Å². The van der Waals surface area contributed by atoms with E-state index in [9.17, 15) is 9.59 Å². The molecule has 1 heterocycles. The first kappa shape index (κ1) is 19.0. The summed E-state index contributed by atoms with van der Waals surface area (Å²) in [5.74, 6) is -0.388. The average molecular weight is 320 g/mol. The first-order valence-electron chi connectivity index (χ1n) is 8.26. The van der Waals surface area contributed by atoms with E-state index < -0.39 is 0 Å². The summed E-state index contributed by atoms with van der Waals surface area (Å²) >= 11 is 0. The van der Waals surface area contributed by atoms with Gasteiger partial charge in [0.1, 0.15) is 0 Å². The lowest BCUT2D eigenvalue weighted by atomic mass is 10.1. The largest absolute Gasteiger partial charge is 0.462 e. The van der Waals surface area contributed by atoms with Gasteiger partial charge in [-0.25, -0.2) is 4.79 Å². The first-order valence-corrected chi connectivity index (χ1v) is 8.26. The molecule has 1 aromatic heterocycles. The first-order chi connectivity index (χ1) is 10.9. The SMILES string of the molecule is CCOC(=O)c1c(/C=C/C(=O)N(CC)CC)c(C)n(CC)c1C. The Balaban J connectivity index is 3.29. The van der Waals surface area contributed by atoms with Crippen LogP contribution >= 0.6 is 0 Å². The van der Waals surface area contributed by atoms with Crippen molar-refractivity contribution in [3.8, 4) is 0 Å². The predicted molar refractivity (Wildman–Crippen MR) is 92.5 cm³/mol. The van der Waals surface area contributed by atoms with Crippen LogP contribution in [0, 0.1) is 13.8 Å². The highest BCUT2D eigenvalue weighted by atomic mass is 16.5. The number of hydrogen-bond donors (Lipinski definition) is 0. The molecular weight excluding hydrogens is 292 g/mol. The molecule has 0 unspecified atom stereocenters. The Morgan fingerprint density at radius 2 is 1.70 bits per heavy atom. The van der Waals surface area contributed by atoms with Crippen molar-refractivity contribution in [2.45, 2.75) is 48.1 Å². The monoisotopic (exact) mass is 320 g/mol. The number of amides is 1. The molecule has 0 saturated carbocycles. The highest BCUT2D eigenvalue weighted by Crippen LogP contribution is 2.25. The summed E-state index contributed by atoms with van der Waals surface area (Å²) in [6.07, 6.45) is 3.28. The molecular formula is C18H28N2O3. The smallest absolute Gasteiger partial charge is 0.340 e. The molecule has 128 valence electrons. The van der Waals surface area contributed by atoms with Crippen molar-refractivity contribution in [2.24, 2.45) is 0 Å². The van der Waals surface area contributed by atoms with Gasteiger partial charge in [0.25, 0.3) is 0 Å². The molecule has 0 aliphatic rings. The molecule has 0 bridgehead atoms. The fourth-order valence-electron chi connectivity index (χ4n) is 2.84. The van der Waals surface area contributed by atoms with E-state index in [-0.39, 0.29) is 11.9 Å². The van der Waals surface area contributed by atoms with E-state index in [2.05, 4.69) is 4.57 Å². The number of carbonyl (C=O) groups excluding carboxylic acids is 2. The van der Waals surface area contributed by atoms with Crippen LogP contribution in [0.2, 0.25) is 0 Å². The zero-order valence-corrected chi connectivity index (χ0v) is 15.1. The number of aromatic nitrogens is 1. The number of rotatable bonds is 7. The molecule has 1 aromatic rings. The molecule has 0 atom stereocenters. The fraction of sp³-hybridized carbons (Fsp3) is 0.556. The van der Waals surface area contributed by atoms with Crippen LogP contribution in [-0.4, -0.2) is 41.0 Å². The van der Waals surface area contributed by atoms with Crippen molar-refractivity contribution in [1.29, 1.82) is 0 Å². The predicted octanol–water partition coefficient (Wildman–Crippen LogP) is 3.18. The maximum absolute atomic E-state index is 12.3. The van der Waals surface area contributed by atoms with Crippen LogP contribution in [0.1, 0.15) is 55.0 Å². The summed E-state index contributed by atoms with van der Waals surface area (Å²) in [4.78, 5) is 26.2. The quantitative estimate of drug-likeness (QED) is 0.573. The Labute approximate surface area is 138 Å². The van der Waals surface area contributed by atoms with E-state index in [0.29, 0.717) is 25.3 Å². The number of esters is 1. The molecule has 5 heteroatoms. The summed E-state index contributed by atoms with van der Waals surface area (Å²) < 4.78 is 7.24. The second-order valence-electron chi connectivity index (χ2n) is 5.27. The standard InChI is InChI=1S/C18H28N2O3/c1-7-19(8-2)16(21)12-11-15-13(5)20(9-3)14(6)17(15)18(22)23-10-4/h11-12H,7-10H2,1-6H3/b12-11+. The van der Waals surface area contributed by atoms with E-state index in [0.717, 1.165) is 23.5 Å². The van der Waals surface area contributed by atoms with E-state index in [1.165, 1.54) is 6.08 Å². The molecule has 0 saturated heterocycles. The lowest BCUT2D eigenvalue weighted by molar-refractivity contribution is -0.125. The Hall–Kier alpha value is -2.04. The third-order valence-corrected chi connectivity index (χ3v) is 4.09. The van der Waals surface area contributed by atoms with Gasteiger partial charge in [0, 0.05) is 42.7 Å². The molecule has 23 heavy (non-hydrogen) atoms. The molecule has 1 rings (SSSR count). The molecule has 0 N–H and O–H groups in total. The fourth-order valence-corrected chi connectivity index (χ4v) is 2.84. The third kappa shape index (κ3) is 4.03. The minimum absolute atomic E-state index is 0.0499. The van der Waals surface area contributed by atoms with Crippen molar-refractivity contribution >= 4 is 18.0 Å². The van der Waals surface area contributed by atoms with Crippen molar-refractivity contribution in [3.05, 3.63) is 28.6 Å². The van der Waals surface area contributed by atoms with E-state index >= 15 is 0 Å². The topological polar surface area (TPSA) is 51.5 Å². The van der Waals surface area contributed by atoms with Crippen molar-refractivity contribution in [1.82, 2.24) is 9.47 Å². The molecule has 5 nitrogen and oxygen atoms in total. The summed E-state index contributed by atoms with van der Waals surface area (Å²) in [7, 11) is 0. The maximum atomic E-state index is 12.3. The number of likely N-dealkylation sites (N-methyl/N-ethyl adjacent to an activating group) is 1. The molecule has 0 radical (unpaired) electrons. The molecule has 0 fully saturated rings. The minimum Gasteiger partial charge on any atom is -0.462 e. The van der Waals surface area contributed by atoms with Gasteiger partial charge in [-0.05, 0) is 47.6 Å². The molecule has 1 amide bonds. The Kier molecular flexibility index (Phi) is 7.07. The van der Waals surface area contributed by atoms with Gasteiger partial charge in [-0.2, -0.15) is 0 Å². The van der Waals surface area contributed by atoms with Gasteiger partial charge in [-0.15, -0.1) is 0 Å². The summed E-state index contributed by atoms with van der Waals surface area (Å²) in [6.45, 7) is 14.0. The van der Waals surface area contributed by atoms with Crippen LogP contribution in [0.4, 0.5) is 0 Å². The highest BCUT2D eigenvalue weighted by Gasteiger charge is 2.22. The lowest BCUT2D eigenvalue weighted by Crippen LogP contribution is -2.28. The number of ether oxygens (including phenoxy) is 1. The van der Waals surface area contributed by atoms with Gasteiger partial charge in [0.2, 0.25) is 5.91 Å². The van der Waals surface area contributed by atoms with Gasteiger partial charge >= 0.3 is 5.97 Å². The Morgan fingerprint density at radius 1 is 1.09 bits per heavy atom. The normalized spacial score (nSPS) is 11.0. The summed E-state index contributed by atoms with van der Waals surface area (Å²) in [6, 6.07) is 0. The minimum atomic E-state index is -0.338. The van der Waals surface area contributed by atoms with Gasteiger partial charge in [-0.1, -0.05) is 0 Å². The van der Waals surface area contributed by atoms with Crippen molar-refractivity contribution in [3.63, 3.8) is 0 Å². The van der Waals surface area contributed by atoms with Gasteiger partial charge < -0.3 is 14.2 Å². The maximum Gasteiger partial charge on any atom is 0.340 e. The molecule has 0 aliphatic heterocycles. The van der Waals surface area contributed by atoms with Crippen LogP contribution in [0.5, 0.6) is 0 Å². The summed E-state index contributed by atoms with van der Waals surface area (Å²) in [5.41, 5.74) is 3.16. The second-order valence-corrected chi connectivity index (χ2v) is 5.27. The third-order valence-electron chi connectivity index (χ3n) is 4.09. The molecule has 0 aromatic carbocycles. The van der Waals surface area contributed by atoms with Crippen LogP contribution in [0.3, 0.4) is 0 Å². The van der Waals surface area contributed by atoms with E-state index in [1.54, 1.807) is 17.9 Å². The van der Waals surface area contributed by atoms with Crippen LogP contribution in [0.15, 0.2) is 6.08 Å². The van der Waals surface area contributed by atoms with E-state index in [4.69, 9.17) is 4.74 Å². The average Bonchev–Trinajstić information content (AvgIpc) is 2.76. The lowest BCUT2D eigenvalue weighted by Gasteiger charge is -2.15. The number of hydrogen-bond acceptors (Lipinski definition) is 3. The molecule has 0 aliphatic carbocycles. The van der Waals surface area contributed by atoms with Gasteiger partial charge in [-0.3, -0.25) is 4.79 Å². The zero-order valence-electron chi connectivity index (χ0n) is 15.1. The van der Waals surface area contributed by atoms with E-state index in [1.807, 2.05) is 34.6 Å². The highest BCUT2D eigenvalue weighted by molar-refractivity contribution is 5.98. The van der Waals surface area contributed by atoms with Crippen LogP contribution in [0.25, 0.3) is 6.08 Å². The summed E-state index contributed by atoms with van der Waals surface area (Å²) in [5, 5.41) is 0. The van der Waals surface area contributed by atoms with Crippen molar-refractivity contribution in [2.75, 3.05) is 19.7 Å². The Morgan fingerprint density at radius 3 is 2.17 bits per heavy atom. The second kappa shape index (κ2) is 8.56. The van der Waals surface area contributed by atoms with Crippen LogP contribution in [-0.2, 0) is 16.1 Å². The molecule has 0 spiro atoms. The van der Waals surface area contributed by atoms with Crippen molar-refractivity contribution < 1.29 is 14.3 Å². The number of nitrogens with zero attached hydrogens (tertiary/aromatic N) is 2. The van der Waals surface area contributed by atoms with Crippen LogP contribution < -0.4 is 0 Å². The van der Waals surface area contributed by atoms with Gasteiger partial charge in [0.05, 0.1) is 12.2 Å². The Bertz CT molecular complexity index is 596. The number of carbonyl (C=O) groups is 2. The zero-order chi connectivity index (χ0) is 17.6.